The molecule has 1 rings (SSSR count). The van der Waals surface area contributed by atoms with E-state index in [0.29, 0.717) is 31.9 Å². The Labute approximate surface area is 132 Å². The van der Waals surface area contributed by atoms with Crippen molar-refractivity contribution < 1.29 is 14.3 Å². The zero-order chi connectivity index (χ0) is 16.5. The predicted molar refractivity (Wildman–Crippen MR) is 87.0 cm³/mol. The van der Waals surface area contributed by atoms with Gasteiger partial charge in [-0.3, -0.25) is 4.79 Å². The zero-order valence-corrected chi connectivity index (χ0v) is 14.0. The number of para-hydroxylation sites is 1. The molecule has 0 heterocycles. The molecule has 0 N–H and O–H groups in total. The van der Waals surface area contributed by atoms with Crippen LogP contribution in [0.1, 0.15) is 33.3 Å². The molecule has 0 aromatic heterocycles. The number of hydrogen-bond acceptors (Lipinski definition) is 3. The van der Waals surface area contributed by atoms with Crippen molar-refractivity contribution in [2.24, 2.45) is 0 Å². The lowest BCUT2D eigenvalue weighted by molar-refractivity contribution is -0.130. The molecule has 0 aliphatic heterocycles. The Bertz CT molecular complexity index is 449. The van der Waals surface area contributed by atoms with Crippen LogP contribution in [-0.4, -0.2) is 48.0 Å². The molecule has 2 amide bonds. The first-order chi connectivity index (χ1) is 10.6. The number of amides is 2. The first-order valence-electron chi connectivity index (χ1n) is 7.89. The van der Waals surface area contributed by atoms with E-state index in [1.807, 2.05) is 39.8 Å². The average molecular weight is 306 g/mol. The second kappa shape index (κ2) is 9.07. The number of ether oxygens (including phenoxy) is 1. The molecule has 1 aromatic carbocycles. The summed E-state index contributed by atoms with van der Waals surface area (Å²) < 4.78 is 5.45. The Morgan fingerprint density at radius 2 is 1.45 bits per heavy atom. The highest BCUT2D eigenvalue weighted by Gasteiger charge is 2.17. The van der Waals surface area contributed by atoms with Gasteiger partial charge in [0, 0.05) is 31.7 Å². The van der Waals surface area contributed by atoms with Crippen molar-refractivity contribution in [1.82, 2.24) is 9.80 Å². The summed E-state index contributed by atoms with van der Waals surface area (Å²) >= 11 is 0. The van der Waals surface area contributed by atoms with Crippen molar-refractivity contribution in [2.45, 2.75) is 34.1 Å². The molecule has 0 bridgehead atoms. The van der Waals surface area contributed by atoms with Crippen molar-refractivity contribution >= 4 is 12.0 Å². The lowest BCUT2D eigenvalue weighted by atomic mass is 10.1. The van der Waals surface area contributed by atoms with E-state index in [2.05, 4.69) is 0 Å². The fourth-order valence-corrected chi connectivity index (χ4v) is 2.24. The molecule has 0 atom stereocenters. The molecule has 5 heteroatoms. The van der Waals surface area contributed by atoms with E-state index >= 15 is 0 Å². The third kappa shape index (κ3) is 4.76. The van der Waals surface area contributed by atoms with Crippen LogP contribution in [0.15, 0.2) is 24.3 Å². The van der Waals surface area contributed by atoms with E-state index in [1.165, 1.54) is 0 Å². The Balaban J connectivity index is 2.86. The molecule has 0 spiro atoms. The van der Waals surface area contributed by atoms with E-state index in [1.54, 1.807) is 21.9 Å². The quantitative estimate of drug-likeness (QED) is 0.778. The van der Waals surface area contributed by atoms with Crippen LogP contribution in [0, 0.1) is 0 Å². The Morgan fingerprint density at radius 3 is 2.00 bits per heavy atom. The minimum Gasteiger partial charge on any atom is -0.410 e. The Morgan fingerprint density at radius 1 is 0.909 bits per heavy atom. The van der Waals surface area contributed by atoms with E-state index in [9.17, 15) is 9.59 Å². The number of likely N-dealkylation sites (N-methyl/N-ethyl adjacent to an activating group) is 1. The highest BCUT2D eigenvalue weighted by atomic mass is 16.6. The summed E-state index contributed by atoms with van der Waals surface area (Å²) in [5.74, 6) is 0.497. The summed E-state index contributed by atoms with van der Waals surface area (Å²) in [6.45, 7) is 10.3. The van der Waals surface area contributed by atoms with Crippen molar-refractivity contribution in [3.05, 3.63) is 29.8 Å². The van der Waals surface area contributed by atoms with Gasteiger partial charge in [-0.25, -0.2) is 4.79 Å². The maximum atomic E-state index is 12.2. The number of carbonyl (C=O) groups excluding carboxylic acids is 2. The van der Waals surface area contributed by atoms with Crippen LogP contribution in [-0.2, 0) is 11.2 Å². The van der Waals surface area contributed by atoms with Crippen molar-refractivity contribution in [3.63, 3.8) is 0 Å². The molecule has 0 aliphatic carbocycles. The van der Waals surface area contributed by atoms with E-state index in [4.69, 9.17) is 4.74 Å². The van der Waals surface area contributed by atoms with Crippen LogP contribution in [0.25, 0.3) is 0 Å². The molecule has 0 aliphatic rings. The number of hydrogen-bond donors (Lipinski definition) is 0. The molecule has 0 saturated heterocycles. The third-order valence-electron chi connectivity index (χ3n) is 3.65. The van der Waals surface area contributed by atoms with Gasteiger partial charge in [-0.05, 0) is 33.8 Å². The van der Waals surface area contributed by atoms with Gasteiger partial charge in [-0.2, -0.15) is 0 Å². The lowest BCUT2D eigenvalue weighted by Crippen LogP contribution is -2.34. The lowest BCUT2D eigenvalue weighted by Gasteiger charge is -2.21. The van der Waals surface area contributed by atoms with Gasteiger partial charge in [0.2, 0.25) is 5.91 Å². The van der Waals surface area contributed by atoms with Gasteiger partial charge in [0.15, 0.2) is 0 Å². The van der Waals surface area contributed by atoms with Gasteiger partial charge >= 0.3 is 6.09 Å². The molecule has 1 aromatic rings. The molecule has 5 nitrogen and oxygen atoms in total. The molecular formula is C17H26N2O3. The van der Waals surface area contributed by atoms with E-state index in [-0.39, 0.29) is 18.4 Å². The van der Waals surface area contributed by atoms with Crippen molar-refractivity contribution in [3.8, 4) is 5.75 Å². The Kier molecular flexibility index (Phi) is 7.43. The predicted octanol–water partition coefficient (Wildman–Crippen LogP) is 2.94. The topological polar surface area (TPSA) is 49.9 Å². The molecule has 0 radical (unpaired) electrons. The van der Waals surface area contributed by atoms with Crippen molar-refractivity contribution in [1.29, 1.82) is 0 Å². The van der Waals surface area contributed by atoms with Crippen LogP contribution < -0.4 is 4.74 Å². The summed E-state index contributed by atoms with van der Waals surface area (Å²) in [6.07, 6.45) is -0.142. The minimum atomic E-state index is -0.382. The summed E-state index contributed by atoms with van der Waals surface area (Å²) in [5, 5.41) is 0. The number of rotatable bonds is 7. The van der Waals surface area contributed by atoms with Gasteiger partial charge < -0.3 is 14.5 Å². The van der Waals surface area contributed by atoms with Crippen LogP contribution >= 0.6 is 0 Å². The highest BCUT2D eigenvalue weighted by Crippen LogP contribution is 2.20. The first kappa shape index (κ1) is 18.0. The van der Waals surface area contributed by atoms with Crippen LogP contribution in [0.2, 0.25) is 0 Å². The van der Waals surface area contributed by atoms with Gasteiger partial charge in [-0.1, -0.05) is 18.2 Å². The number of carbonyl (C=O) groups is 2. The smallest absolute Gasteiger partial charge is 0.410 e. The fraction of sp³-hybridized carbons (Fsp3) is 0.529. The molecule has 0 fully saturated rings. The van der Waals surface area contributed by atoms with E-state index in [0.717, 1.165) is 5.56 Å². The largest absolute Gasteiger partial charge is 0.415 e. The standard InChI is InChI=1S/C17H26N2O3/c1-5-18(6-2)16(20)13-14-11-9-10-12-15(14)22-17(21)19(7-3)8-4/h9-12H,5-8,13H2,1-4H3. The monoisotopic (exact) mass is 306 g/mol. The highest BCUT2D eigenvalue weighted by molar-refractivity contribution is 5.80. The zero-order valence-electron chi connectivity index (χ0n) is 14.0. The maximum Gasteiger partial charge on any atom is 0.415 e. The van der Waals surface area contributed by atoms with Gasteiger partial charge in [0.05, 0.1) is 6.42 Å². The van der Waals surface area contributed by atoms with Gasteiger partial charge in [0.1, 0.15) is 5.75 Å². The first-order valence-corrected chi connectivity index (χ1v) is 7.89. The second-order valence-corrected chi connectivity index (χ2v) is 4.89. The Hall–Kier alpha value is -2.04. The molecule has 0 unspecified atom stereocenters. The molecule has 0 saturated carbocycles. The summed E-state index contributed by atoms with van der Waals surface area (Å²) in [7, 11) is 0. The SMILES string of the molecule is CCN(CC)C(=O)Cc1ccccc1OC(=O)N(CC)CC. The van der Waals surface area contributed by atoms with Gasteiger partial charge in [-0.15, -0.1) is 0 Å². The second-order valence-electron chi connectivity index (χ2n) is 4.89. The maximum absolute atomic E-state index is 12.2. The molecule has 22 heavy (non-hydrogen) atoms. The number of benzene rings is 1. The summed E-state index contributed by atoms with van der Waals surface area (Å²) in [6, 6.07) is 7.20. The summed E-state index contributed by atoms with van der Waals surface area (Å²) in [4.78, 5) is 27.7. The van der Waals surface area contributed by atoms with Crippen molar-refractivity contribution in [2.75, 3.05) is 26.2 Å². The van der Waals surface area contributed by atoms with Crippen LogP contribution in [0.5, 0.6) is 5.75 Å². The third-order valence-corrected chi connectivity index (χ3v) is 3.65. The number of nitrogens with zero attached hydrogens (tertiary/aromatic N) is 2. The average Bonchev–Trinajstić information content (AvgIpc) is 2.51. The van der Waals surface area contributed by atoms with Gasteiger partial charge in [0.25, 0.3) is 0 Å². The van der Waals surface area contributed by atoms with Crippen LogP contribution in [0.3, 0.4) is 0 Å². The minimum absolute atomic E-state index is 0.0383. The summed E-state index contributed by atoms with van der Waals surface area (Å²) in [5.41, 5.74) is 0.736. The fourth-order valence-electron chi connectivity index (χ4n) is 2.24. The van der Waals surface area contributed by atoms with E-state index < -0.39 is 0 Å². The van der Waals surface area contributed by atoms with Crippen LogP contribution in [0.4, 0.5) is 4.79 Å². The normalized spacial score (nSPS) is 10.2. The molecular weight excluding hydrogens is 280 g/mol. The molecule has 122 valence electrons.